The molecule has 14 heavy (non-hydrogen) atoms. The summed E-state index contributed by atoms with van der Waals surface area (Å²) in [6, 6.07) is 8.35. The third-order valence-corrected chi connectivity index (χ3v) is 2.69. The second-order valence-corrected chi connectivity index (χ2v) is 3.61. The summed E-state index contributed by atoms with van der Waals surface area (Å²) < 4.78 is 0. The molecule has 1 aliphatic rings. The number of amides is 1. The Morgan fingerprint density at radius 3 is 3.00 bits per heavy atom. The second-order valence-electron chi connectivity index (χ2n) is 3.61. The fourth-order valence-corrected chi connectivity index (χ4v) is 1.85. The van der Waals surface area contributed by atoms with Crippen molar-refractivity contribution in [2.75, 3.05) is 13.1 Å². The molecule has 1 aromatic carbocycles. The van der Waals surface area contributed by atoms with Gasteiger partial charge in [-0.25, -0.2) is 0 Å². The fourth-order valence-electron chi connectivity index (χ4n) is 1.85. The minimum Gasteiger partial charge on any atom is -0.354 e. The highest BCUT2D eigenvalue weighted by molar-refractivity contribution is 5.77. The summed E-state index contributed by atoms with van der Waals surface area (Å²) in [6.45, 7) is 0.793. The van der Waals surface area contributed by atoms with Crippen molar-refractivity contribution in [1.29, 1.82) is 0 Å². The van der Waals surface area contributed by atoms with E-state index < -0.39 is 0 Å². The van der Waals surface area contributed by atoms with Gasteiger partial charge in [-0.05, 0) is 17.5 Å². The van der Waals surface area contributed by atoms with Gasteiger partial charge in [0.05, 0.1) is 6.54 Å². The Bertz CT molecular complexity index is 349. The molecule has 1 aliphatic carbocycles. The molecule has 2 rings (SSSR count). The van der Waals surface area contributed by atoms with Gasteiger partial charge in [0, 0.05) is 12.5 Å². The second kappa shape index (κ2) is 3.80. The maximum absolute atomic E-state index is 10.9. The zero-order valence-corrected chi connectivity index (χ0v) is 7.99. The molecule has 0 fully saturated rings. The van der Waals surface area contributed by atoms with Crippen molar-refractivity contribution in [3.05, 3.63) is 35.4 Å². The predicted octanol–water partition coefficient (Wildman–Crippen LogP) is 0.401. The summed E-state index contributed by atoms with van der Waals surface area (Å²) in [5, 5.41) is 2.81. The molecule has 0 saturated carbocycles. The first-order valence-corrected chi connectivity index (χ1v) is 4.86. The first kappa shape index (κ1) is 9.21. The normalized spacial score (nSPS) is 18.2. The van der Waals surface area contributed by atoms with E-state index in [0.717, 1.165) is 6.42 Å². The molecule has 3 nitrogen and oxygen atoms in total. The van der Waals surface area contributed by atoms with Crippen molar-refractivity contribution >= 4 is 5.91 Å². The average molecular weight is 190 g/mol. The van der Waals surface area contributed by atoms with Crippen molar-refractivity contribution in [1.82, 2.24) is 5.32 Å². The number of carbonyl (C=O) groups excluding carboxylic acids is 1. The molecular formula is C11H14N2O. The average Bonchev–Trinajstić information content (AvgIpc) is 2.19. The minimum absolute atomic E-state index is 0.0746. The predicted molar refractivity (Wildman–Crippen MR) is 55.0 cm³/mol. The zero-order valence-electron chi connectivity index (χ0n) is 7.99. The van der Waals surface area contributed by atoms with Gasteiger partial charge in [-0.2, -0.15) is 0 Å². The lowest BCUT2D eigenvalue weighted by Crippen LogP contribution is -2.36. The molecule has 3 heteroatoms. The topological polar surface area (TPSA) is 55.1 Å². The van der Waals surface area contributed by atoms with E-state index in [2.05, 4.69) is 17.4 Å². The zero-order chi connectivity index (χ0) is 9.97. The van der Waals surface area contributed by atoms with Gasteiger partial charge >= 0.3 is 0 Å². The molecule has 1 aromatic rings. The van der Waals surface area contributed by atoms with Crippen molar-refractivity contribution in [3.8, 4) is 0 Å². The van der Waals surface area contributed by atoms with Crippen LogP contribution in [0.5, 0.6) is 0 Å². The highest BCUT2D eigenvalue weighted by Crippen LogP contribution is 2.33. The molecule has 0 saturated heterocycles. The highest BCUT2D eigenvalue weighted by atomic mass is 16.1. The van der Waals surface area contributed by atoms with Gasteiger partial charge < -0.3 is 11.1 Å². The lowest BCUT2D eigenvalue weighted by atomic mass is 9.77. The van der Waals surface area contributed by atoms with Crippen LogP contribution in [0, 0.1) is 0 Å². The summed E-state index contributed by atoms with van der Waals surface area (Å²) >= 11 is 0. The molecule has 0 aliphatic heterocycles. The van der Waals surface area contributed by atoms with Crippen LogP contribution in [0.1, 0.15) is 17.0 Å². The van der Waals surface area contributed by atoms with E-state index in [4.69, 9.17) is 5.73 Å². The Kier molecular flexibility index (Phi) is 2.50. The lowest BCUT2D eigenvalue weighted by Gasteiger charge is -2.30. The van der Waals surface area contributed by atoms with Crippen LogP contribution in [0.2, 0.25) is 0 Å². The van der Waals surface area contributed by atoms with Gasteiger partial charge in [0.2, 0.25) is 5.91 Å². The maximum Gasteiger partial charge on any atom is 0.233 e. The van der Waals surface area contributed by atoms with E-state index in [0.29, 0.717) is 12.5 Å². The van der Waals surface area contributed by atoms with Gasteiger partial charge in [-0.3, -0.25) is 4.79 Å². The first-order valence-electron chi connectivity index (χ1n) is 4.86. The monoisotopic (exact) mass is 190 g/mol. The van der Waals surface area contributed by atoms with Crippen LogP contribution in [-0.4, -0.2) is 19.0 Å². The van der Waals surface area contributed by atoms with Crippen molar-refractivity contribution in [3.63, 3.8) is 0 Å². The van der Waals surface area contributed by atoms with E-state index in [1.807, 2.05) is 12.1 Å². The Morgan fingerprint density at radius 2 is 2.29 bits per heavy atom. The van der Waals surface area contributed by atoms with Crippen molar-refractivity contribution in [2.45, 2.75) is 12.3 Å². The number of nitrogens with two attached hydrogens (primary N) is 1. The van der Waals surface area contributed by atoms with Crippen LogP contribution in [0.15, 0.2) is 24.3 Å². The van der Waals surface area contributed by atoms with Gasteiger partial charge in [0.25, 0.3) is 0 Å². The Morgan fingerprint density at radius 1 is 1.50 bits per heavy atom. The Labute approximate surface area is 83.3 Å². The SMILES string of the molecule is NCC(=O)NCC1Cc2ccccc21. The molecule has 74 valence electrons. The molecule has 3 N–H and O–H groups in total. The summed E-state index contributed by atoms with van der Waals surface area (Å²) in [4.78, 5) is 10.9. The number of rotatable bonds is 3. The van der Waals surface area contributed by atoms with E-state index >= 15 is 0 Å². The van der Waals surface area contributed by atoms with Crippen LogP contribution in [0.25, 0.3) is 0 Å². The standard InChI is InChI=1S/C11H14N2O/c12-6-11(14)13-7-9-5-8-3-1-2-4-10(8)9/h1-4,9H,5-7,12H2,(H,13,14). The largest absolute Gasteiger partial charge is 0.354 e. The van der Waals surface area contributed by atoms with Gasteiger partial charge in [-0.15, -0.1) is 0 Å². The Balaban J connectivity index is 1.90. The fraction of sp³-hybridized carbons (Fsp3) is 0.364. The number of carbonyl (C=O) groups is 1. The molecule has 0 heterocycles. The summed E-state index contributed by atoms with van der Waals surface area (Å²) in [5.74, 6) is 0.413. The molecule has 0 radical (unpaired) electrons. The highest BCUT2D eigenvalue weighted by Gasteiger charge is 2.25. The molecule has 0 aromatic heterocycles. The van der Waals surface area contributed by atoms with Crippen LogP contribution in [-0.2, 0) is 11.2 Å². The Hall–Kier alpha value is -1.35. The number of nitrogens with one attached hydrogen (secondary N) is 1. The van der Waals surface area contributed by atoms with Gasteiger partial charge in [0.1, 0.15) is 0 Å². The summed E-state index contributed by atoms with van der Waals surface area (Å²) in [7, 11) is 0. The van der Waals surface area contributed by atoms with E-state index in [1.165, 1.54) is 11.1 Å². The van der Waals surface area contributed by atoms with Crippen LogP contribution in [0.4, 0.5) is 0 Å². The van der Waals surface area contributed by atoms with Crippen LogP contribution in [0.3, 0.4) is 0 Å². The molecule has 1 amide bonds. The third kappa shape index (κ3) is 1.63. The van der Waals surface area contributed by atoms with Crippen LogP contribution < -0.4 is 11.1 Å². The molecule has 0 bridgehead atoms. The number of fused-ring (bicyclic) bond motifs is 1. The van der Waals surface area contributed by atoms with Crippen LogP contribution >= 0.6 is 0 Å². The maximum atomic E-state index is 10.9. The van der Waals surface area contributed by atoms with E-state index in [-0.39, 0.29) is 12.5 Å². The molecule has 1 atom stereocenters. The van der Waals surface area contributed by atoms with E-state index in [9.17, 15) is 4.79 Å². The minimum atomic E-state index is -0.0746. The third-order valence-electron chi connectivity index (χ3n) is 2.69. The van der Waals surface area contributed by atoms with E-state index in [1.54, 1.807) is 0 Å². The molecular weight excluding hydrogens is 176 g/mol. The smallest absolute Gasteiger partial charge is 0.233 e. The van der Waals surface area contributed by atoms with Gasteiger partial charge in [-0.1, -0.05) is 24.3 Å². The number of benzene rings is 1. The first-order chi connectivity index (χ1) is 6.81. The lowest BCUT2D eigenvalue weighted by molar-refractivity contribution is -0.119. The molecule has 0 spiro atoms. The molecule has 1 unspecified atom stereocenters. The number of hydrogen-bond donors (Lipinski definition) is 2. The summed E-state index contributed by atoms with van der Waals surface area (Å²) in [6.07, 6.45) is 1.07. The van der Waals surface area contributed by atoms with Crippen molar-refractivity contribution in [2.24, 2.45) is 5.73 Å². The summed E-state index contributed by atoms with van der Waals surface area (Å²) in [5.41, 5.74) is 7.97. The number of hydrogen-bond acceptors (Lipinski definition) is 2. The van der Waals surface area contributed by atoms with Crippen molar-refractivity contribution < 1.29 is 4.79 Å². The van der Waals surface area contributed by atoms with Gasteiger partial charge in [0.15, 0.2) is 0 Å². The quantitative estimate of drug-likeness (QED) is 0.725.